The lowest BCUT2D eigenvalue weighted by Gasteiger charge is -2.05. The fourth-order valence-electron chi connectivity index (χ4n) is 1.17. The SMILES string of the molecule is CC.CCC(=O)CCCOCCOCCNC(C)=O. The number of hydrogen-bond donors (Lipinski definition) is 1. The maximum Gasteiger partial charge on any atom is 0.216 e. The van der Waals surface area contributed by atoms with Gasteiger partial charge in [0.25, 0.3) is 0 Å². The zero-order chi connectivity index (χ0) is 14.9. The summed E-state index contributed by atoms with van der Waals surface area (Å²) in [4.78, 5) is 21.5. The maximum absolute atomic E-state index is 11.0. The van der Waals surface area contributed by atoms with E-state index in [4.69, 9.17) is 9.47 Å². The average molecular weight is 275 g/mol. The Morgan fingerprint density at radius 3 is 2.11 bits per heavy atom. The third kappa shape index (κ3) is 19.6. The number of ether oxygens (including phenoxy) is 2. The van der Waals surface area contributed by atoms with E-state index in [1.807, 2.05) is 20.8 Å². The Labute approximate surface area is 117 Å². The molecule has 19 heavy (non-hydrogen) atoms. The highest BCUT2D eigenvalue weighted by Crippen LogP contribution is 1.94. The van der Waals surface area contributed by atoms with E-state index >= 15 is 0 Å². The van der Waals surface area contributed by atoms with E-state index in [9.17, 15) is 9.59 Å². The molecule has 0 aliphatic rings. The van der Waals surface area contributed by atoms with Crippen molar-refractivity contribution in [2.75, 3.05) is 33.0 Å². The molecule has 0 saturated heterocycles. The van der Waals surface area contributed by atoms with Crippen LogP contribution in [0.25, 0.3) is 0 Å². The second kappa shape index (κ2) is 17.1. The number of carbonyl (C=O) groups excluding carboxylic acids is 2. The van der Waals surface area contributed by atoms with Crippen LogP contribution in [0.4, 0.5) is 0 Å². The van der Waals surface area contributed by atoms with Gasteiger partial charge in [0.05, 0.1) is 19.8 Å². The van der Waals surface area contributed by atoms with Crippen LogP contribution in [-0.2, 0) is 19.1 Å². The minimum absolute atomic E-state index is 0.0505. The molecule has 0 radical (unpaired) electrons. The van der Waals surface area contributed by atoms with E-state index < -0.39 is 0 Å². The van der Waals surface area contributed by atoms with Crippen LogP contribution in [0.1, 0.15) is 47.0 Å². The first-order chi connectivity index (χ1) is 9.16. The molecule has 114 valence electrons. The number of rotatable bonds is 11. The summed E-state index contributed by atoms with van der Waals surface area (Å²) in [6, 6.07) is 0. The van der Waals surface area contributed by atoms with Crippen molar-refractivity contribution < 1.29 is 19.1 Å². The van der Waals surface area contributed by atoms with E-state index in [1.54, 1.807) is 0 Å². The molecule has 0 saturated carbocycles. The van der Waals surface area contributed by atoms with Gasteiger partial charge in [-0.2, -0.15) is 0 Å². The number of hydrogen-bond acceptors (Lipinski definition) is 4. The molecule has 0 aromatic rings. The monoisotopic (exact) mass is 275 g/mol. The van der Waals surface area contributed by atoms with Crippen LogP contribution < -0.4 is 5.32 Å². The van der Waals surface area contributed by atoms with Gasteiger partial charge in [-0.05, 0) is 6.42 Å². The predicted octanol–water partition coefficient (Wildman–Crippen LogP) is 1.94. The van der Waals surface area contributed by atoms with Crippen molar-refractivity contribution in [1.82, 2.24) is 5.32 Å². The van der Waals surface area contributed by atoms with Crippen LogP contribution in [0.2, 0.25) is 0 Å². The summed E-state index contributed by atoms with van der Waals surface area (Å²) in [5.74, 6) is 0.227. The van der Waals surface area contributed by atoms with Gasteiger partial charge >= 0.3 is 0 Å². The minimum Gasteiger partial charge on any atom is -0.379 e. The summed E-state index contributed by atoms with van der Waals surface area (Å²) in [6.07, 6.45) is 1.98. The number of amides is 1. The third-order valence-corrected chi connectivity index (χ3v) is 2.13. The minimum atomic E-state index is -0.0505. The average Bonchev–Trinajstić information content (AvgIpc) is 2.42. The van der Waals surface area contributed by atoms with E-state index in [0.717, 1.165) is 6.42 Å². The molecule has 1 amide bonds. The fourth-order valence-corrected chi connectivity index (χ4v) is 1.17. The van der Waals surface area contributed by atoms with Gasteiger partial charge in [-0.25, -0.2) is 0 Å². The standard InChI is InChI=1S/C12H23NO4.C2H6/c1-3-12(15)5-4-7-16-9-10-17-8-6-13-11(2)14;1-2/h3-10H2,1-2H3,(H,13,14);1-2H3. The fraction of sp³-hybridized carbons (Fsp3) is 0.857. The quantitative estimate of drug-likeness (QED) is 0.585. The molecule has 0 aromatic heterocycles. The lowest BCUT2D eigenvalue weighted by Crippen LogP contribution is -2.24. The second-order valence-corrected chi connectivity index (χ2v) is 3.70. The predicted molar refractivity (Wildman–Crippen MR) is 76.2 cm³/mol. The normalized spacial score (nSPS) is 9.47. The van der Waals surface area contributed by atoms with E-state index in [0.29, 0.717) is 45.8 Å². The lowest BCUT2D eigenvalue weighted by atomic mass is 10.2. The topological polar surface area (TPSA) is 64.6 Å². The van der Waals surface area contributed by atoms with E-state index in [-0.39, 0.29) is 11.7 Å². The first-order valence-corrected chi connectivity index (χ1v) is 7.08. The molecule has 1 N–H and O–H groups in total. The van der Waals surface area contributed by atoms with Gasteiger partial charge in [0.2, 0.25) is 5.91 Å². The van der Waals surface area contributed by atoms with Crippen LogP contribution in [0, 0.1) is 0 Å². The lowest BCUT2D eigenvalue weighted by molar-refractivity contribution is -0.120. The van der Waals surface area contributed by atoms with Crippen LogP contribution in [0.15, 0.2) is 0 Å². The first-order valence-electron chi connectivity index (χ1n) is 7.08. The van der Waals surface area contributed by atoms with Crippen molar-refractivity contribution in [3.8, 4) is 0 Å². The Morgan fingerprint density at radius 1 is 1.00 bits per heavy atom. The van der Waals surface area contributed by atoms with Crippen molar-refractivity contribution in [3.63, 3.8) is 0 Å². The molecule has 0 aliphatic carbocycles. The smallest absolute Gasteiger partial charge is 0.216 e. The second-order valence-electron chi connectivity index (χ2n) is 3.70. The van der Waals surface area contributed by atoms with Crippen molar-refractivity contribution in [2.24, 2.45) is 0 Å². The Bertz CT molecular complexity index is 219. The Kier molecular flexibility index (Phi) is 18.3. The zero-order valence-corrected chi connectivity index (χ0v) is 12.8. The summed E-state index contributed by atoms with van der Waals surface area (Å²) < 4.78 is 10.5. The molecule has 0 heterocycles. The van der Waals surface area contributed by atoms with Crippen molar-refractivity contribution in [3.05, 3.63) is 0 Å². The third-order valence-electron chi connectivity index (χ3n) is 2.13. The molecular weight excluding hydrogens is 246 g/mol. The highest BCUT2D eigenvalue weighted by Gasteiger charge is 1.97. The number of ketones is 1. The van der Waals surface area contributed by atoms with Gasteiger partial charge in [-0.1, -0.05) is 20.8 Å². The largest absolute Gasteiger partial charge is 0.379 e. The molecular formula is C14H29NO4. The first kappa shape index (κ1) is 20.4. The van der Waals surface area contributed by atoms with Gasteiger partial charge in [0, 0.05) is 32.9 Å². The molecule has 5 nitrogen and oxygen atoms in total. The van der Waals surface area contributed by atoms with Gasteiger partial charge < -0.3 is 14.8 Å². The van der Waals surface area contributed by atoms with Gasteiger partial charge in [-0.3, -0.25) is 9.59 Å². The summed E-state index contributed by atoms with van der Waals surface area (Å²) in [5.41, 5.74) is 0. The number of nitrogens with one attached hydrogen (secondary N) is 1. The maximum atomic E-state index is 11.0. The number of Topliss-reactive ketones (excluding diaryl/α,β-unsaturated/α-hetero) is 1. The molecule has 0 atom stereocenters. The van der Waals surface area contributed by atoms with Crippen molar-refractivity contribution in [2.45, 2.75) is 47.0 Å². The zero-order valence-electron chi connectivity index (χ0n) is 12.8. The van der Waals surface area contributed by atoms with Crippen LogP contribution >= 0.6 is 0 Å². The van der Waals surface area contributed by atoms with Gasteiger partial charge in [-0.15, -0.1) is 0 Å². The van der Waals surface area contributed by atoms with Crippen LogP contribution in [0.3, 0.4) is 0 Å². The summed E-state index contributed by atoms with van der Waals surface area (Å²) in [7, 11) is 0. The van der Waals surface area contributed by atoms with Gasteiger partial charge in [0.1, 0.15) is 5.78 Å². The summed E-state index contributed by atoms with van der Waals surface area (Å²) in [5, 5.41) is 2.63. The van der Waals surface area contributed by atoms with Gasteiger partial charge in [0.15, 0.2) is 0 Å². The van der Waals surface area contributed by atoms with E-state index in [1.165, 1.54) is 6.92 Å². The molecule has 0 bridgehead atoms. The Morgan fingerprint density at radius 2 is 1.58 bits per heavy atom. The molecule has 0 spiro atoms. The summed E-state index contributed by atoms with van der Waals surface area (Å²) in [6.45, 7) is 10.0. The molecule has 0 fully saturated rings. The van der Waals surface area contributed by atoms with Crippen molar-refractivity contribution in [1.29, 1.82) is 0 Å². The van der Waals surface area contributed by atoms with E-state index in [2.05, 4.69) is 5.32 Å². The van der Waals surface area contributed by atoms with Crippen molar-refractivity contribution >= 4 is 11.7 Å². The molecule has 5 heteroatoms. The summed E-state index contributed by atoms with van der Waals surface area (Å²) >= 11 is 0. The Balaban J connectivity index is 0. The van der Waals surface area contributed by atoms with Crippen LogP contribution in [0.5, 0.6) is 0 Å². The highest BCUT2D eigenvalue weighted by atomic mass is 16.5. The van der Waals surface area contributed by atoms with Crippen LogP contribution in [-0.4, -0.2) is 44.7 Å². The number of carbonyl (C=O) groups is 2. The molecule has 0 rings (SSSR count). The highest BCUT2D eigenvalue weighted by molar-refractivity contribution is 5.77. The molecule has 0 aliphatic heterocycles. The Hall–Kier alpha value is -0.940. The molecule has 0 unspecified atom stereocenters. The molecule has 0 aromatic carbocycles.